The van der Waals surface area contributed by atoms with Crippen molar-refractivity contribution in [3.05, 3.63) is 52.1 Å². The first-order valence-electron chi connectivity index (χ1n) is 11.2. The lowest BCUT2D eigenvalue weighted by atomic mass is 9.91. The molecule has 0 radical (unpaired) electrons. The maximum Gasteiger partial charge on any atom is 0.307 e. The largest absolute Gasteiger partial charge is 0.490 e. The van der Waals surface area contributed by atoms with E-state index in [0.29, 0.717) is 47.2 Å². The third-order valence-corrected chi connectivity index (χ3v) is 8.09. The third kappa shape index (κ3) is 5.01. The van der Waals surface area contributed by atoms with E-state index in [2.05, 4.69) is 0 Å². The number of hydrogen-bond donors (Lipinski definition) is 0. The predicted octanol–water partition coefficient (Wildman–Crippen LogP) is 4.26. The second kappa shape index (κ2) is 10.1. The summed E-state index contributed by atoms with van der Waals surface area (Å²) in [7, 11) is -2.57. The summed E-state index contributed by atoms with van der Waals surface area (Å²) in [6, 6.07) is 6.75. The number of sulfonamides is 1. The van der Waals surface area contributed by atoms with Gasteiger partial charge in [-0.1, -0.05) is 17.7 Å². The van der Waals surface area contributed by atoms with Crippen molar-refractivity contribution in [2.24, 2.45) is 0 Å². The van der Waals surface area contributed by atoms with Crippen LogP contribution in [0.25, 0.3) is 0 Å². The molecular weight excluding hydrogens is 442 g/mol. The molecule has 0 bridgehead atoms. The van der Waals surface area contributed by atoms with E-state index in [0.717, 1.165) is 16.7 Å². The number of benzene rings is 2. The summed E-state index contributed by atoms with van der Waals surface area (Å²) in [4.78, 5) is 12.7. The van der Waals surface area contributed by atoms with E-state index in [-0.39, 0.29) is 13.0 Å². The van der Waals surface area contributed by atoms with Gasteiger partial charge in [0.05, 0.1) is 37.7 Å². The van der Waals surface area contributed by atoms with Crippen LogP contribution < -0.4 is 9.47 Å². The van der Waals surface area contributed by atoms with Crippen LogP contribution in [-0.2, 0) is 26.0 Å². The van der Waals surface area contributed by atoms with Gasteiger partial charge in [0, 0.05) is 6.54 Å². The summed E-state index contributed by atoms with van der Waals surface area (Å²) < 4.78 is 45.7. The molecule has 7 nitrogen and oxygen atoms in total. The van der Waals surface area contributed by atoms with Crippen molar-refractivity contribution in [3.8, 4) is 11.5 Å². The number of hydrogen-bond acceptors (Lipinski definition) is 6. The Labute approximate surface area is 196 Å². The second-order valence-electron chi connectivity index (χ2n) is 8.25. The zero-order valence-corrected chi connectivity index (χ0v) is 21.0. The van der Waals surface area contributed by atoms with Crippen LogP contribution in [0, 0.1) is 20.8 Å². The molecule has 0 spiro atoms. The van der Waals surface area contributed by atoms with Crippen molar-refractivity contribution in [1.82, 2.24) is 4.31 Å². The Balaban J connectivity index is 2.17. The average Bonchev–Trinajstić information content (AvgIpc) is 2.73. The van der Waals surface area contributed by atoms with Crippen LogP contribution in [0.4, 0.5) is 0 Å². The summed E-state index contributed by atoms with van der Waals surface area (Å²) in [6.07, 6.45) is 0.412. The van der Waals surface area contributed by atoms with Gasteiger partial charge in [0.15, 0.2) is 11.5 Å². The standard InChI is InChI=1S/C25H33NO6S/c1-7-31-22-13-19-9-10-26(33(28,29)25-17(4)11-16(3)12-18(25)5)21(15-24(27)30-6)20(19)14-23(22)32-8-2/h11-14,21H,7-10,15H2,1-6H3/t21-/m0/s1. The van der Waals surface area contributed by atoms with E-state index in [1.165, 1.54) is 11.4 Å². The maximum absolute atomic E-state index is 13.9. The maximum atomic E-state index is 13.9. The lowest BCUT2D eigenvalue weighted by molar-refractivity contribution is -0.141. The summed E-state index contributed by atoms with van der Waals surface area (Å²) in [5.41, 5.74) is 4.07. The minimum absolute atomic E-state index is 0.0910. The van der Waals surface area contributed by atoms with Crippen LogP contribution in [0.5, 0.6) is 11.5 Å². The average molecular weight is 476 g/mol. The summed E-state index contributed by atoms with van der Waals surface area (Å²) in [5.74, 6) is 0.684. The van der Waals surface area contributed by atoms with Crippen molar-refractivity contribution in [3.63, 3.8) is 0 Å². The summed E-state index contributed by atoms with van der Waals surface area (Å²) in [5, 5.41) is 0. The third-order valence-electron chi connectivity index (χ3n) is 5.87. The number of ether oxygens (including phenoxy) is 3. The highest BCUT2D eigenvalue weighted by Crippen LogP contribution is 2.42. The zero-order chi connectivity index (χ0) is 24.3. The zero-order valence-electron chi connectivity index (χ0n) is 20.2. The molecule has 33 heavy (non-hydrogen) atoms. The van der Waals surface area contributed by atoms with Crippen LogP contribution >= 0.6 is 0 Å². The molecule has 0 aliphatic carbocycles. The molecular formula is C25H33NO6S. The van der Waals surface area contributed by atoms with Gasteiger partial charge in [0.25, 0.3) is 0 Å². The number of carbonyl (C=O) groups excluding carboxylic acids is 1. The van der Waals surface area contributed by atoms with Crippen LogP contribution in [-0.4, -0.2) is 45.6 Å². The molecule has 2 aromatic carbocycles. The first-order chi connectivity index (χ1) is 15.6. The van der Waals surface area contributed by atoms with Crippen LogP contribution in [0.1, 0.15) is 54.1 Å². The minimum Gasteiger partial charge on any atom is -0.490 e. The van der Waals surface area contributed by atoms with Gasteiger partial charge in [-0.05, 0) is 75.4 Å². The van der Waals surface area contributed by atoms with E-state index in [1.807, 2.05) is 58.9 Å². The first kappa shape index (κ1) is 25.1. The molecule has 2 aromatic rings. The van der Waals surface area contributed by atoms with E-state index in [9.17, 15) is 13.2 Å². The molecule has 0 N–H and O–H groups in total. The summed E-state index contributed by atoms with van der Waals surface area (Å²) in [6.45, 7) is 10.5. The predicted molar refractivity (Wildman–Crippen MR) is 126 cm³/mol. The minimum atomic E-state index is -3.88. The quantitative estimate of drug-likeness (QED) is 0.531. The fourth-order valence-corrected chi connectivity index (χ4v) is 6.68. The van der Waals surface area contributed by atoms with Crippen molar-refractivity contribution in [1.29, 1.82) is 0 Å². The van der Waals surface area contributed by atoms with E-state index in [1.54, 1.807) is 0 Å². The van der Waals surface area contributed by atoms with Crippen molar-refractivity contribution in [2.45, 2.75) is 58.4 Å². The van der Waals surface area contributed by atoms with E-state index in [4.69, 9.17) is 14.2 Å². The van der Waals surface area contributed by atoms with Crippen LogP contribution in [0.15, 0.2) is 29.2 Å². The molecule has 8 heteroatoms. The van der Waals surface area contributed by atoms with Gasteiger partial charge >= 0.3 is 5.97 Å². The number of rotatable bonds is 8. The normalized spacial score (nSPS) is 16.2. The van der Waals surface area contributed by atoms with Gasteiger partial charge in [-0.2, -0.15) is 4.31 Å². The van der Waals surface area contributed by atoms with Crippen molar-refractivity contribution < 1.29 is 27.4 Å². The van der Waals surface area contributed by atoms with Gasteiger partial charge in [-0.3, -0.25) is 4.79 Å². The molecule has 0 saturated carbocycles. The molecule has 3 rings (SSSR count). The van der Waals surface area contributed by atoms with Gasteiger partial charge < -0.3 is 14.2 Å². The number of esters is 1. The fourth-order valence-electron chi connectivity index (χ4n) is 4.65. The smallest absolute Gasteiger partial charge is 0.307 e. The Morgan fingerprint density at radius 2 is 1.58 bits per heavy atom. The number of carbonyl (C=O) groups is 1. The Bertz CT molecular complexity index is 1120. The molecule has 1 aliphatic heterocycles. The Morgan fingerprint density at radius 1 is 1.00 bits per heavy atom. The number of fused-ring (bicyclic) bond motifs is 1. The number of methoxy groups -OCH3 is 1. The Hall–Kier alpha value is -2.58. The Kier molecular flexibility index (Phi) is 7.69. The SMILES string of the molecule is CCOc1cc2c(cc1OCC)[C@H](CC(=O)OC)N(S(=O)(=O)c1c(C)cc(C)cc1C)CC2. The first-order valence-corrected chi connectivity index (χ1v) is 12.7. The molecule has 180 valence electrons. The Morgan fingerprint density at radius 3 is 2.12 bits per heavy atom. The molecule has 0 aromatic heterocycles. The van der Waals surface area contributed by atoms with Crippen molar-refractivity contribution >= 4 is 16.0 Å². The molecule has 0 saturated heterocycles. The molecule has 0 unspecified atom stereocenters. The van der Waals surface area contributed by atoms with Gasteiger partial charge in [0.1, 0.15) is 0 Å². The summed E-state index contributed by atoms with van der Waals surface area (Å²) >= 11 is 0. The van der Waals surface area contributed by atoms with Gasteiger partial charge in [0.2, 0.25) is 10.0 Å². The van der Waals surface area contributed by atoms with E-state index < -0.39 is 22.0 Å². The molecule has 0 amide bonds. The van der Waals surface area contributed by atoms with Gasteiger partial charge in [-0.15, -0.1) is 0 Å². The lowest BCUT2D eigenvalue weighted by Gasteiger charge is -2.37. The molecule has 1 heterocycles. The lowest BCUT2D eigenvalue weighted by Crippen LogP contribution is -2.41. The molecule has 1 aliphatic rings. The second-order valence-corrected chi connectivity index (χ2v) is 10.1. The highest BCUT2D eigenvalue weighted by molar-refractivity contribution is 7.89. The fraction of sp³-hybridized carbons (Fsp3) is 0.480. The van der Waals surface area contributed by atoms with Crippen LogP contribution in [0.2, 0.25) is 0 Å². The van der Waals surface area contributed by atoms with Crippen LogP contribution in [0.3, 0.4) is 0 Å². The highest BCUT2D eigenvalue weighted by atomic mass is 32.2. The monoisotopic (exact) mass is 475 g/mol. The molecule has 1 atom stereocenters. The number of aryl methyl sites for hydroxylation is 3. The highest BCUT2D eigenvalue weighted by Gasteiger charge is 2.39. The van der Waals surface area contributed by atoms with Gasteiger partial charge in [-0.25, -0.2) is 8.42 Å². The number of nitrogens with zero attached hydrogens (tertiary/aromatic N) is 1. The van der Waals surface area contributed by atoms with E-state index >= 15 is 0 Å². The molecule has 0 fully saturated rings. The van der Waals surface area contributed by atoms with Crippen molar-refractivity contribution in [2.75, 3.05) is 26.9 Å². The topological polar surface area (TPSA) is 82.1 Å².